The number of carbonyl (C=O) groups excluding carboxylic acids is 1. The lowest BCUT2D eigenvalue weighted by molar-refractivity contribution is -0.153. The molecule has 0 aliphatic carbocycles. The van der Waals surface area contributed by atoms with E-state index in [2.05, 4.69) is 14.8 Å². The molecule has 0 spiro atoms. The van der Waals surface area contributed by atoms with Crippen LogP contribution in [0.3, 0.4) is 0 Å². The summed E-state index contributed by atoms with van der Waals surface area (Å²) in [5, 5.41) is 11.6. The van der Waals surface area contributed by atoms with E-state index in [4.69, 9.17) is 5.26 Å². The number of carbonyl (C=O) groups is 1. The van der Waals surface area contributed by atoms with E-state index < -0.39 is 34.5 Å². The minimum Gasteiger partial charge on any atom is -0.483 e. The fourth-order valence-electron chi connectivity index (χ4n) is 2.72. The minimum atomic E-state index is -4.59. The molecule has 12 heteroatoms. The Kier molecular flexibility index (Phi) is 7.07. The molecule has 34 heavy (non-hydrogen) atoms. The van der Waals surface area contributed by atoms with Crippen molar-refractivity contribution in [1.82, 2.24) is 0 Å². The van der Waals surface area contributed by atoms with Crippen molar-refractivity contribution in [3.05, 3.63) is 83.7 Å². The fourth-order valence-corrected chi connectivity index (χ4v) is 3.82. The summed E-state index contributed by atoms with van der Waals surface area (Å²) in [5.41, 5.74) is -0.0773. The number of hydrogen-bond acceptors (Lipinski definition) is 5. The predicted molar refractivity (Wildman–Crippen MR) is 114 cm³/mol. The molecule has 176 valence electrons. The van der Waals surface area contributed by atoms with Crippen molar-refractivity contribution in [2.75, 3.05) is 16.6 Å². The van der Waals surface area contributed by atoms with Gasteiger partial charge in [0.05, 0.1) is 10.5 Å². The predicted octanol–water partition coefficient (Wildman–Crippen LogP) is 4.69. The lowest BCUT2D eigenvalue weighted by atomic mass is 10.1. The first-order valence-electron chi connectivity index (χ1n) is 9.40. The number of nitriles is 1. The van der Waals surface area contributed by atoms with Gasteiger partial charge in [0.15, 0.2) is 6.61 Å². The van der Waals surface area contributed by atoms with E-state index in [1.54, 1.807) is 6.07 Å². The Morgan fingerprint density at radius 2 is 1.68 bits per heavy atom. The second-order valence-electron chi connectivity index (χ2n) is 6.82. The molecule has 3 aromatic rings. The molecule has 0 bridgehead atoms. The van der Waals surface area contributed by atoms with Gasteiger partial charge in [-0.3, -0.25) is 9.52 Å². The van der Waals surface area contributed by atoms with Gasteiger partial charge in [0.25, 0.3) is 15.9 Å². The molecular formula is C22H15F4N3O4S. The van der Waals surface area contributed by atoms with Crippen molar-refractivity contribution in [3.63, 3.8) is 0 Å². The average Bonchev–Trinajstić information content (AvgIpc) is 2.79. The van der Waals surface area contributed by atoms with Crippen LogP contribution in [0.5, 0.6) is 5.75 Å². The van der Waals surface area contributed by atoms with Gasteiger partial charge in [-0.05, 0) is 60.7 Å². The standard InChI is InChI=1S/C22H15F4N3O4S/c23-16-4-6-17(7-5-16)29-34(31,32)19-3-1-2-14(11-19)21(30)28-18-8-9-20(15(10-18)12-27)33-13-22(24,25)26/h1-11,29H,13H2,(H,28,30). The van der Waals surface area contributed by atoms with Crippen LogP contribution in [0.2, 0.25) is 0 Å². The fraction of sp³-hybridized carbons (Fsp3) is 0.0909. The smallest absolute Gasteiger partial charge is 0.422 e. The van der Waals surface area contributed by atoms with Gasteiger partial charge in [0.2, 0.25) is 0 Å². The Hall–Kier alpha value is -4.11. The van der Waals surface area contributed by atoms with E-state index in [-0.39, 0.29) is 33.1 Å². The highest BCUT2D eigenvalue weighted by atomic mass is 32.2. The third-order valence-corrected chi connectivity index (χ3v) is 5.63. The van der Waals surface area contributed by atoms with Crippen LogP contribution in [0.15, 0.2) is 71.6 Å². The normalized spacial score (nSPS) is 11.4. The Morgan fingerprint density at radius 1 is 1.00 bits per heavy atom. The molecule has 0 saturated carbocycles. The Labute approximate surface area is 191 Å². The summed E-state index contributed by atoms with van der Waals surface area (Å²) in [5.74, 6) is -1.58. The third kappa shape index (κ3) is 6.46. The van der Waals surface area contributed by atoms with Crippen molar-refractivity contribution in [3.8, 4) is 11.8 Å². The zero-order valence-electron chi connectivity index (χ0n) is 17.1. The number of hydrogen-bond donors (Lipinski definition) is 2. The summed E-state index contributed by atoms with van der Waals surface area (Å²) in [6.45, 7) is -1.58. The van der Waals surface area contributed by atoms with Crippen LogP contribution in [-0.2, 0) is 10.0 Å². The lowest BCUT2D eigenvalue weighted by Gasteiger charge is -2.12. The number of alkyl halides is 3. The monoisotopic (exact) mass is 493 g/mol. The zero-order chi connectivity index (χ0) is 24.9. The summed E-state index contributed by atoms with van der Waals surface area (Å²) in [4.78, 5) is 12.4. The first-order chi connectivity index (χ1) is 16.0. The molecular weight excluding hydrogens is 478 g/mol. The number of rotatable bonds is 7. The number of benzene rings is 3. The van der Waals surface area contributed by atoms with Crippen LogP contribution < -0.4 is 14.8 Å². The number of amides is 1. The van der Waals surface area contributed by atoms with Crippen molar-refractivity contribution in [2.24, 2.45) is 0 Å². The van der Waals surface area contributed by atoms with E-state index in [0.29, 0.717) is 0 Å². The molecule has 1 amide bonds. The van der Waals surface area contributed by atoms with Gasteiger partial charge in [0.1, 0.15) is 17.6 Å². The number of sulfonamides is 1. The highest BCUT2D eigenvalue weighted by molar-refractivity contribution is 7.92. The second-order valence-corrected chi connectivity index (χ2v) is 8.50. The largest absolute Gasteiger partial charge is 0.483 e. The first-order valence-corrected chi connectivity index (χ1v) is 10.9. The first kappa shape index (κ1) is 24.5. The maximum atomic E-state index is 13.0. The van der Waals surface area contributed by atoms with Gasteiger partial charge >= 0.3 is 6.18 Å². The van der Waals surface area contributed by atoms with Gasteiger partial charge in [-0.1, -0.05) is 6.07 Å². The molecule has 0 saturated heterocycles. The molecule has 0 radical (unpaired) electrons. The quantitative estimate of drug-likeness (QED) is 0.464. The van der Waals surface area contributed by atoms with Gasteiger partial charge < -0.3 is 10.1 Å². The number of halogens is 4. The van der Waals surface area contributed by atoms with Crippen molar-refractivity contribution in [2.45, 2.75) is 11.1 Å². The van der Waals surface area contributed by atoms with Crippen LogP contribution in [-0.4, -0.2) is 27.1 Å². The molecule has 2 N–H and O–H groups in total. The molecule has 0 fully saturated rings. The molecule has 0 aromatic heterocycles. The van der Waals surface area contributed by atoms with Crippen LogP contribution in [0, 0.1) is 17.1 Å². The number of anilines is 2. The summed E-state index contributed by atoms with van der Waals surface area (Å²) >= 11 is 0. The summed E-state index contributed by atoms with van der Waals surface area (Å²) in [6.07, 6.45) is -4.59. The van der Waals surface area contributed by atoms with Gasteiger partial charge in [-0.15, -0.1) is 0 Å². The van der Waals surface area contributed by atoms with Crippen molar-refractivity contribution >= 4 is 27.3 Å². The van der Waals surface area contributed by atoms with Crippen LogP contribution in [0.25, 0.3) is 0 Å². The van der Waals surface area contributed by atoms with Gasteiger partial charge in [-0.2, -0.15) is 18.4 Å². The highest BCUT2D eigenvalue weighted by Crippen LogP contribution is 2.25. The maximum absolute atomic E-state index is 13.0. The van der Waals surface area contributed by atoms with Crippen LogP contribution >= 0.6 is 0 Å². The molecule has 0 atom stereocenters. The minimum absolute atomic E-state index is 0.0436. The van der Waals surface area contributed by atoms with E-state index in [0.717, 1.165) is 30.3 Å². The Bertz CT molecular complexity index is 1350. The van der Waals surface area contributed by atoms with E-state index in [1.807, 2.05) is 0 Å². The van der Waals surface area contributed by atoms with Crippen molar-refractivity contribution < 1.29 is 35.5 Å². The number of ether oxygens (including phenoxy) is 1. The lowest BCUT2D eigenvalue weighted by Crippen LogP contribution is -2.19. The molecule has 3 aromatic carbocycles. The Morgan fingerprint density at radius 3 is 2.32 bits per heavy atom. The summed E-state index contributed by atoms with van der Waals surface area (Å²) in [7, 11) is -4.09. The highest BCUT2D eigenvalue weighted by Gasteiger charge is 2.29. The third-order valence-electron chi connectivity index (χ3n) is 4.25. The topological polar surface area (TPSA) is 108 Å². The van der Waals surface area contributed by atoms with Gasteiger partial charge in [-0.25, -0.2) is 12.8 Å². The Balaban J connectivity index is 1.76. The molecule has 0 aliphatic rings. The second kappa shape index (κ2) is 9.80. The molecule has 3 rings (SSSR count). The summed E-state index contributed by atoms with van der Waals surface area (Å²) < 4.78 is 82.1. The number of nitrogens with zero attached hydrogens (tertiary/aromatic N) is 1. The van der Waals surface area contributed by atoms with E-state index >= 15 is 0 Å². The maximum Gasteiger partial charge on any atom is 0.422 e. The average molecular weight is 493 g/mol. The van der Waals surface area contributed by atoms with E-state index in [1.165, 1.54) is 36.4 Å². The van der Waals surface area contributed by atoms with Crippen LogP contribution in [0.4, 0.5) is 28.9 Å². The van der Waals surface area contributed by atoms with Crippen LogP contribution in [0.1, 0.15) is 15.9 Å². The molecule has 0 heterocycles. The van der Waals surface area contributed by atoms with Crippen molar-refractivity contribution in [1.29, 1.82) is 5.26 Å². The zero-order valence-corrected chi connectivity index (χ0v) is 17.9. The molecule has 7 nitrogen and oxygen atoms in total. The summed E-state index contributed by atoms with van der Waals surface area (Å²) in [6, 6.07) is 14.8. The molecule has 0 aliphatic heterocycles. The molecule has 0 unspecified atom stereocenters. The number of nitrogens with one attached hydrogen (secondary N) is 2. The van der Waals surface area contributed by atoms with Gasteiger partial charge in [0, 0.05) is 16.9 Å². The van der Waals surface area contributed by atoms with E-state index in [9.17, 15) is 30.8 Å². The SMILES string of the molecule is N#Cc1cc(NC(=O)c2cccc(S(=O)(=O)Nc3ccc(F)cc3)c2)ccc1OCC(F)(F)F.